The van der Waals surface area contributed by atoms with E-state index in [9.17, 15) is 9.90 Å². The second kappa shape index (κ2) is 3.33. The molecule has 3 nitrogen and oxygen atoms in total. The van der Waals surface area contributed by atoms with E-state index >= 15 is 0 Å². The molecule has 0 fully saturated rings. The summed E-state index contributed by atoms with van der Waals surface area (Å²) < 4.78 is 2.13. The van der Waals surface area contributed by atoms with Crippen molar-refractivity contribution in [3.05, 3.63) is 47.7 Å². The van der Waals surface area contributed by atoms with Gasteiger partial charge in [0.2, 0.25) is 0 Å². The number of carbonyl (C=O) groups is 1. The quantitative estimate of drug-likeness (QED) is 0.765. The zero-order chi connectivity index (χ0) is 12.3. The van der Waals surface area contributed by atoms with Gasteiger partial charge in [-0.1, -0.05) is 18.2 Å². The Balaban J connectivity index is 1.96. The number of para-hydroxylation sites is 1. The standard InChI is InChI=1S/C15H13NO2/c17-11-5-10-8-16-13-4-2-1-3-9(13)6-14(16)15(18)12(10)7-11/h1-6,12,15,18H,7-8H2/t12-,15+/m1/s1. The lowest BCUT2D eigenvalue weighted by atomic mass is 9.90. The largest absolute Gasteiger partial charge is 0.386 e. The minimum Gasteiger partial charge on any atom is -0.386 e. The predicted octanol–water partition coefficient (Wildman–Crippen LogP) is 2.20. The Morgan fingerprint density at radius 2 is 2.11 bits per heavy atom. The van der Waals surface area contributed by atoms with E-state index in [2.05, 4.69) is 16.7 Å². The van der Waals surface area contributed by atoms with Gasteiger partial charge in [0.25, 0.3) is 0 Å². The van der Waals surface area contributed by atoms with Gasteiger partial charge in [-0.05, 0) is 29.2 Å². The molecule has 90 valence electrons. The Labute approximate surface area is 104 Å². The summed E-state index contributed by atoms with van der Waals surface area (Å²) in [6.07, 6.45) is 1.62. The fraction of sp³-hybridized carbons (Fsp3) is 0.267. The summed E-state index contributed by atoms with van der Waals surface area (Å²) >= 11 is 0. The molecule has 2 aliphatic rings. The normalized spacial score (nSPS) is 26.1. The number of aliphatic hydroxyl groups excluding tert-OH is 1. The lowest BCUT2D eigenvalue weighted by Gasteiger charge is -2.29. The molecule has 1 N–H and O–H groups in total. The van der Waals surface area contributed by atoms with Gasteiger partial charge in [0.15, 0.2) is 5.78 Å². The van der Waals surface area contributed by atoms with Crippen LogP contribution in [-0.2, 0) is 11.3 Å². The van der Waals surface area contributed by atoms with Gasteiger partial charge in [0, 0.05) is 30.1 Å². The van der Waals surface area contributed by atoms with E-state index in [-0.39, 0.29) is 11.7 Å². The lowest BCUT2D eigenvalue weighted by Crippen LogP contribution is -2.24. The molecule has 2 aromatic rings. The summed E-state index contributed by atoms with van der Waals surface area (Å²) in [6.45, 7) is 0.732. The van der Waals surface area contributed by atoms with Crippen molar-refractivity contribution in [3.8, 4) is 0 Å². The molecule has 1 aromatic heterocycles. The van der Waals surface area contributed by atoms with Crippen LogP contribution in [-0.4, -0.2) is 15.5 Å². The van der Waals surface area contributed by atoms with Crippen LogP contribution in [0.25, 0.3) is 10.9 Å². The number of hydrogen-bond acceptors (Lipinski definition) is 2. The number of hydrogen-bond donors (Lipinski definition) is 1. The van der Waals surface area contributed by atoms with E-state index in [4.69, 9.17) is 0 Å². The summed E-state index contributed by atoms with van der Waals surface area (Å²) in [5, 5.41) is 11.6. The van der Waals surface area contributed by atoms with Crippen LogP contribution in [0.3, 0.4) is 0 Å². The maximum atomic E-state index is 11.5. The van der Waals surface area contributed by atoms with Crippen molar-refractivity contribution in [1.82, 2.24) is 4.57 Å². The third kappa shape index (κ3) is 1.20. The maximum Gasteiger partial charge on any atom is 0.156 e. The Kier molecular flexibility index (Phi) is 1.87. The van der Waals surface area contributed by atoms with E-state index < -0.39 is 6.10 Å². The van der Waals surface area contributed by atoms with Crippen molar-refractivity contribution in [1.29, 1.82) is 0 Å². The molecule has 2 heterocycles. The molecule has 0 unspecified atom stereocenters. The molecule has 18 heavy (non-hydrogen) atoms. The summed E-state index contributed by atoms with van der Waals surface area (Å²) in [5.41, 5.74) is 3.14. The van der Waals surface area contributed by atoms with Crippen molar-refractivity contribution in [2.75, 3.05) is 0 Å². The van der Waals surface area contributed by atoms with Gasteiger partial charge in [-0.25, -0.2) is 0 Å². The van der Waals surface area contributed by atoms with Crippen molar-refractivity contribution >= 4 is 16.7 Å². The van der Waals surface area contributed by atoms with Gasteiger partial charge in [0.05, 0.1) is 0 Å². The number of nitrogens with zero attached hydrogens (tertiary/aromatic N) is 1. The molecule has 1 aliphatic carbocycles. The first kappa shape index (κ1) is 10.1. The minimum absolute atomic E-state index is 0.00527. The van der Waals surface area contributed by atoms with Crippen LogP contribution in [0.1, 0.15) is 18.2 Å². The van der Waals surface area contributed by atoms with Crippen molar-refractivity contribution in [2.45, 2.75) is 19.1 Å². The van der Waals surface area contributed by atoms with Crippen LogP contribution in [0.5, 0.6) is 0 Å². The van der Waals surface area contributed by atoms with Crippen LogP contribution in [0.15, 0.2) is 42.0 Å². The van der Waals surface area contributed by atoms with Crippen molar-refractivity contribution in [3.63, 3.8) is 0 Å². The van der Waals surface area contributed by atoms with Gasteiger partial charge in [-0.2, -0.15) is 0 Å². The monoisotopic (exact) mass is 239 g/mol. The van der Waals surface area contributed by atoms with E-state index in [0.717, 1.165) is 28.7 Å². The molecular weight excluding hydrogens is 226 g/mol. The summed E-state index contributed by atoms with van der Waals surface area (Å²) in [4.78, 5) is 11.5. The van der Waals surface area contributed by atoms with Gasteiger partial charge < -0.3 is 9.67 Å². The molecule has 0 amide bonds. The molecule has 1 aromatic carbocycles. The van der Waals surface area contributed by atoms with E-state index in [0.29, 0.717) is 6.42 Å². The molecule has 0 saturated heterocycles. The van der Waals surface area contributed by atoms with Crippen LogP contribution in [0, 0.1) is 5.92 Å². The number of fused-ring (bicyclic) bond motifs is 4. The maximum absolute atomic E-state index is 11.5. The summed E-state index contributed by atoms with van der Waals surface area (Å²) in [6, 6.07) is 10.2. The molecule has 4 rings (SSSR count). The molecular formula is C15H13NO2. The molecule has 0 saturated carbocycles. The predicted molar refractivity (Wildman–Crippen MR) is 68.1 cm³/mol. The SMILES string of the molecule is O=C1C=C2Cn3c(cc4ccccc43)[C@@H](O)[C@@H]2C1. The average molecular weight is 239 g/mol. The van der Waals surface area contributed by atoms with E-state index in [1.165, 1.54) is 0 Å². The van der Waals surface area contributed by atoms with Gasteiger partial charge in [0.1, 0.15) is 6.10 Å². The summed E-state index contributed by atoms with van der Waals surface area (Å²) in [5.74, 6) is 0.137. The topological polar surface area (TPSA) is 42.2 Å². The molecule has 0 spiro atoms. The zero-order valence-electron chi connectivity index (χ0n) is 9.84. The number of allylic oxidation sites excluding steroid dienone is 1. The van der Waals surface area contributed by atoms with Gasteiger partial charge in [-0.3, -0.25) is 4.79 Å². The molecule has 2 atom stereocenters. The van der Waals surface area contributed by atoms with E-state index in [1.54, 1.807) is 6.08 Å². The van der Waals surface area contributed by atoms with Crippen LogP contribution < -0.4 is 0 Å². The number of ketones is 1. The highest BCUT2D eigenvalue weighted by Crippen LogP contribution is 2.42. The fourth-order valence-corrected chi connectivity index (χ4v) is 3.24. The first-order valence-corrected chi connectivity index (χ1v) is 6.23. The zero-order valence-corrected chi connectivity index (χ0v) is 9.84. The Morgan fingerprint density at radius 3 is 3.00 bits per heavy atom. The van der Waals surface area contributed by atoms with Crippen LogP contribution in [0.4, 0.5) is 0 Å². The molecule has 0 bridgehead atoms. The smallest absolute Gasteiger partial charge is 0.156 e. The average Bonchev–Trinajstić information content (AvgIpc) is 2.91. The van der Waals surface area contributed by atoms with Crippen LogP contribution >= 0.6 is 0 Å². The first-order chi connectivity index (χ1) is 8.74. The first-order valence-electron chi connectivity index (χ1n) is 6.23. The highest BCUT2D eigenvalue weighted by Gasteiger charge is 2.37. The molecule has 3 heteroatoms. The number of benzene rings is 1. The highest BCUT2D eigenvalue weighted by atomic mass is 16.3. The highest BCUT2D eigenvalue weighted by molar-refractivity contribution is 5.94. The number of aromatic nitrogens is 1. The minimum atomic E-state index is -0.552. The summed E-state index contributed by atoms with van der Waals surface area (Å²) in [7, 11) is 0. The molecule has 1 aliphatic heterocycles. The molecule has 0 radical (unpaired) electrons. The van der Waals surface area contributed by atoms with Crippen molar-refractivity contribution < 1.29 is 9.90 Å². The van der Waals surface area contributed by atoms with E-state index in [1.807, 2.05) is 18.2 Å². The Hall–Kier alpha value is -1.87. The second-order valence-electron chi connectivity index (χ2n) is 5.16. The lowest BCUT2D eigenvalue weighted by molar-refractivity contribution is -0.115. The van der Waals surface area contributed by atoms with Gasteiger partial charge in [-0.15, -0.1) is 0 Å². The Bertz CT molecular complexity index is 696. The number of carbonyl (C=O) groups excluding carboxylic acids is 1. The second-order valence-corrected chi connectivity index (χ2v) is 5.16. The van der Waals surface area contributed by atoms with Gasteiger partial charge >= 0.3 is 0 Å². The van der Waals surface area contributed by atoms with Crippen LogP contribution in [0.2, 0.25) is 0 Å². The third-order valence-electron chi connectivity index (χ3n) is 4.11. The Morgan fingerprint density at radius 1 is 1.28 bits per heavy atom. The number of rotatable bonds is 0. The fourth-order valence-electron chi connectivity index (χ4n) is 3.24. The third-order valence-corrected chi connectivity index (χ3v) is 4.11. The number of aliphatic hydroxyl groups is 1. The van der Waals surface area contributed by atoms with Crippen molar-refractivity contribution in [2.24, 2.45) is 5.92 Å².